The number of nitrogens with one attached hydrogen (secondary N) is 1. The van der Waals surface area contributed by atoms with Gasteiger partial charge < -0.3 is 4.74 Å². The van der Waals surface area contributed by atoms with Gasteiger partial charge in [-0.2, -0.15) is 0 Å². The average Bonchev–Trinajstić information content (AvgIpc) is 3.10. The first kappa shape index (κ1) is 17.4. The first-order valence-electron chi connectivity index (χ1n) is 8.82. The lowest BCUT2D eigenvalue weighted by molar-refractivity contribution is 0.0824. The van der Waals surface area contributed by atoms with E-state index in [4.69, 9.17) is 9.57 Å². The summed E-state index contributed by atoms with van der Waals surface area (Å²) in [5.74, 6) is 0.132. The summed E-state index contributed by atoms with van der Waals surface area (Å²) in [5.41, 5.74) is 4.88. The maximum absolute atomic E-state index is 14.7. The number of aliphatic imine (C=N–C) groups is 1. The average molecular weight is 370 g/mol. The van der Waals surface area contributed by atoms with E-state index in [-0.39, 0.29) is 6.10 Å². The van der Waals surface area contributed by atoms with Crippen molar-refractivity contribution in [2.75, 3.05) is 24.6 Å². The number of rotatable bonds is 4. The van der Waals surface area contributed by atoms with Gasteiger partial charge >= 0.3 is 6.09 Å². The largest absolute Gasteiger partial charge is 0.444 e. The van der Waals surface area contributed by atoms with Crippen LogP contribution in [0.25, 0.3) is 11.1 Å². The molecule has 1 amide bonds. The van der Waals surface area contributed by atoms with Gasteiger partial charge in [-0.15, -0.1) is 0 Å². The number of amidine groups is 1. The van der Waals surface area contributed by atoms with E-state index in [1.54, 1.807) is 30.5 Å². The van der Waals surface area contributed by atoms with Crippen molar-refractivity contribution >= 4 is 17.6 Å². The van der Waals surface area contributed by atoms with Gasteiger partial charge in [0, 0.05) is 17.3 Å². The summed E-state index contributed by atoms with van der Waals surface area (Å²) in [6, 6.07) is 8.24. The maximum atomic E-state index is 14.7. The molecule has 3 heterocycles. The lowest BCUT2D eigenvalue weighted by Crippen LogP contribution is -2.31. The van der Waals surface area contributed by atoms with E-state index in [0.29, 0.717) is 48.0 Å². The van der Waals surface area contributed by atoms with Crippen molar-refractivity contribution in [3.63, 3.8) is 0 Å². The lowest BCUT2D eigenvalue weighted by atomic mass is 10.1. The molecule has 1 saturated heterocycles. The van der Waals surface area contributed by atoms with Crippen LogP contribution in [0.5, 0.6) is 0 Å². The Hall–Kier alpha value is -3.00. The van der Waals surface area contributed by atoms with Crippen LogP contribution in [0.1, 0.15) is 19.0 Å². The highest BCUT2D eigenvalue weighted by molar-refractivity contribution is 5.96. The molecule has 1 N–H and O–H groups in total. The smallest absolute Gasteiger partial charge is 0.414 e. The molecule has 1 aromatic heterocycles. The molecule has 0 radical (unpaired) electrons. The van der Waals surface area contributed by atoms with Crippen molar-refractivity contribution in [2.24, 2.45) is 4.99 Å². The van der Waals surface area contributed by atoms with Gasteiger partial charge in [0.2, 0.25) is 0 Å². The number of nitrogens with zero attached hydrogens (tertiary/aromatic N) is 3. The fourth-order valence-corrected chi connectivity index (χ4v) is 3.03. The second-order valence-corrected chi connectivity index (χ2v) is 6.30. The molecule has 2 aromatic rings. The van der Waals surface area contributed by atoms with Crippen LogP contribution in [0.15, 0.2) is 41.5 Å². The Balaban J connectivity index is 1.56. The minimum absolute atomic E-state index is 0.155. The Kier molecular flexibility index (Phi) is 4.72. The van der Waals surface area contributed by atoms with E-state index in [9.17, 15) is 9.18 Å². The quantitative estimate of drug-likeness (QED) is 0.896. The van der Waals surface area contributed by atoms with Gasteiger partial charge in [-0.25, -0.2) is 14.7 Å². The fourth-order valence-electron chi connectivity index (χ4n) is 3.03. The van der Waals surface area contributed by atoms with Crippen LogP contribution >= 0.6 is 0 Å². The molecular formula is C19H19FN4O3. The molecule has 0 unspecified atom stereocenters. The van der Waals surface area contributed by atoms with Crippen LogP contribution in [0.4, 0.5) is 14.9 Å². The number of hydrogen-bond acceptors (Lipinski definition) is 6. The van der Waals surface area contributed by atoms with Gasteiger partial charge in [0.1, 0.15) is 17.6 Å². The Bertz CT molecular complexity index is 885. The van der Waals surface area contributed by atoms with E-state index in [1.165, 1.54) is 11.0 Å². The lowest BCUT2D eigenvalue weighted by Gasteiger charge is -2.15. The Morgan fingerprint density at radius 3 is 2.85 bits per heavy atom. The minimum Gasteiger partial charge on any atom is -0.444 e. The Morgan fingerprint density at radius 1 is 1.33 bits per heavy atom. The molecule has 2 aliphatic rings. The number of cyclic esters (lactones) is 1. The number of benzene rings is 1. The molecule has 1 fully saturated rings. The number of anilines is 1. The summed E-state index contributed by atoms with van der Waals surface area (Å²) in [6.07, 6.45) is 1.72. The zero-order chi connectivity index (χ0) is 18.8. The van der Waals surface area contributed by atoms with Crippen molar-refractivity contribution in [1.82, 2.24) is 10.5 Å². The number of aromatic nitrogens is 1. The van der Waals surface area contributed by atoms with Gasteiger partial charge in [0.05, 0.1) is 25.4 Å². The number of hydrogen-bond donors (Lipinski definition) is 1. The third-order valence-corrected chi connectivity index (χ3v) is 4.54. The van der Waals surface area contributed by atoms with Crippen molar-refractivity contribution < 1.29 is 18.8 Å². The summed E-state index contributed by atoms with van der Waals surface area (Å²) in [4.78, 5) is 27.1. The summed E-state index contributed by atoms with van der Waals surface area (Å²) in [7, 11) is 0. The number of halogens is 1. The van der Waals surface area contributed by atoms with Gasteiger partial charge in [-0.05, 0) is 30.7 Å². The number of carbonyl (C=O) groups excluding carboxylic acids is 1. The second-order valence-electron chi connectivity index (χ2n) is 6.30. The fraction of sp³-hybridized carbons (Fsp3) is 0.316. The van der Waals surface area contributed by atoms with Crippen LogP contribution in [-0.2, 0) is 9.57 Å². The zero-order valence-electron chi connectivity index (χ0n) is 14.8. The monoisotopic (exact) mass is 370 g/mol. The number of amides is 1. The topological polar surface area (TPSA) is 76.0 Å². The predicted octanol–water partition coefficient (Wildman–Crippen LogP) is 2.90. The molecule has 8 heteroatoms. The summed E-state index contributed by atoms with van der Waals surface area (Å²) >= 11 is 0. The molecule has 2 aliphatic heterocycles. The SMILES string of the molecule is CC[C@H]1CN(c2ccc(-c3ccc(C4=NCCON4)nc3)c(F)c2)C(=O)O1. The molecule has 1 aromatic carbocycles. The number of ether oxygens (including phenoxy) is 1. The highest BCUT2D eigenvalue weighted by atomic mass is 19.1. The van der Waals surface area contributed by atoms with Crippen LogP contribution in [0, 0.1) is 5.82 Å². The molecule has 1 atom stereocenters. The standard InChI is InChI=1S/C19H19FN4O3/c1-2-14-11-24(19(25)27-14)13-4-5-15(16(20)9-13)12-3-6-17(22-10-12)18-21-7-8-26-23-18/h3-6,9-10,14H,2,7-8,11H2,1H3,(H,21,23)/t14-/m0/s1. The van der Waals surface area contributed by atoms with E-state index >= 15 is 0 Å². The normalized spacial score (nSPS) is 19.5. The van der Waals surface area contributed by atoms with Gasteiger partial charge in [-0.1, -0.05) is 13.0 Å². The molecular weight excluding hydrogens is 351 g/mol. The highest BCUT2D eigenvalue weighted by Gasteiger charge is 2.31. The van der Waals surface area contributed by atoms with Crippen molar-refractivity contribution in [3.8, 4) is 11.1 Å². The number of carbonyl (C=O) groups is 1. The van der Waals surface area contributed by atoms with E-state index < -0.39 is 11.9 Å². The third-order valence-electron chi connectivity index (χ3n) is 4.54. The highest BCUT2D eigenvalue weighted by Crippen LogP contribution is 2.29. The second kappa shape index (κ2) is 7.32. The summed E-state index contributed by atoms with van der Waals surface area (Å²) < 4.78 is 19.9. The summed E-state index contributed by atoms with van der Waals surface area (Å²) in [6.45, 7) is 3.46. The maximum Gasteiger partial charge on any atom is 0.414 e. The molecule has 0 spiro atoms. The van der Waals surface area contributed by atoms with E-state index in [1.807, 2.05) is 6.92 Å². The molecule has 0 bridgehead atoms. The Labute approximate surface area is 155 Å². The molecule has 0 saturated carbocycles. The predicted molar refractivity (Wildman–Crippen MR) is 98.0 cm³/mol. The van der Waals surface area contributed by atoms with Crippen LogP contribution in [0.2, 0.25) is 0 Å². The summed E-state index contributed by atoms with van der Waals surface area (Å²) in [5, 5.41) is 0. The van der Waals surface area contributed by atoms with E-state index in [2.05, 4.69) is 15.5 Å². The molecule has 140 valence electrons. The minimum atomic E-state index is -0.442. The van der Waals surface area contributed by atoms with Crippen molar-refractivity contribution in [1.29, 1.82) is 0 Å². The molecule has 7 nitrogen and oxygen atoms in total. The van der Waals surface area contributed by atoms with Gasteiger partial charge in [0.25, 0.3) is 0 Å². The zero-order valence-corrected chi connectivity index (χ0v) is 14.8. The third kappa shape index (κ3) is 3.48. The van der Waals surface area contributed by atoms with Crippen LogP contribution in [-0.4, -0.2) is 42.7 Å². The van der Waals surface area contributed by atoms with Crippen LogP contribution < -0.4 is 10.4 Å². The molecule has 4 rings (SSSR count). The molecule has 0 aliphatic carbocycles. The first-order valence-corrected chi connectivity index (χ1v) is 8.82. The van der Waals surface area contributed by atoms with Crippen molar-refractivity contribution in [2.45, 2.75) is 19.4 Å². The van der Waals surface area contributed by atoms with Crippen LogP contribution in [0.3, 0.4) is 0 Å². The number of pyridine rings is 1. The Morgan fingerprint density at radius 2 is 2.22 bits per heavy atom. The van der Waals surface area contributed by atoms with E-state index in [0.717, 1.165) is 6.42 Å². The van der Waals surface area contributed by atoms with Crippen molar-refractivity contribution in [3.05, 3.63) is 48.0 Å². The first-order chi connectivity index (χ1) is 13.2. The molecule has 27 heavy (non-hydrogen) atoms. The number of hydroxylamine groups is 1. The van der Waals surface area contributed by atoms with Gasteiger partial charge in [-0.3, -0.25) is 19.7 Å². The van der Waals surface area contributed by atoms with Gasteiger partial charge in [0.15, 0.2) is 5.84 Å².